The number of carbonyl (C=O) groups is 1. The van der Waals surface area contributed by atoms with Gasteiger partial charge in [-0.1, -0.05) is 17.7 Å². The molecule has 1 aromatic rings. The zero-order chi connectivity index (χ0) is 16.9. The number of aryl methyl sites for hydroxylation is 1. The summed E-state index contributed by atoms with van der Waals surface area (Å²) in [7, 11) is 2.20. The molecule has 1 amide bonds. The molecule has 0 saturated carbocycles. The molecule has 24 heavy (non-hydrogen) atoms. The summed E-state index contributed by atoms with van der Waals surface area (Å²) < 4.78 is 0. The predicted octanol–water partition coefficient (Wildman–Crippen LogP) is 2.63. The third-order valence-corrected chi connectivity index (χ3v) is 5.53. The molecule has 3 rings (SSSR count). The van der Waals surface area contributed by atoms with Crippen LogP contribution in [0, 0.1) is 6.92 Å². The number of piperazine rings is 1. The van der Waals surface area contributed by atoms with E-state index in [1.807, 2.05) is 18.2 Å². The predicted molar refractivity (Wildman–Crippen MR) is 98.4 cm³/mol. The van der Waals surface area contributed by atoms with Crippen LogP contribution in [0.4, 0.5) is 0 Å². The van der Waals surface area contributed by atoms with E-state index in [2.05, 4.69) is 34.7 Å². The van der Waals surface area contributed by atoms with Crippen LogP contribution in [-0.2, 0) is 0 Å². The molecular formula is C20H31N3O. The maximum absolute atomic E-state index is 13.0. The molecule has 0 spiro atoms. The molecule has 4 nitrogen and oxygen atoms in total. The van der Waals surface area contributed by atoms with Crippen molar-refractivity contribution < 1.29 is 4.79 Å². The Kier molecular flexibility index (Phi) is 5.90. The van der Waals surface area contributed by atoms with Crippen LogP contribution >= 0.6 is 0 Å². The summed E-state index contributed by atoms with van der Waals surface area (Å²) in [5, 5.41) is 0. The van der Waals surface area contributed by atoms with Crippen molar-refractivity contribution in [1.82, 2.24) is 14.7 Å². The van der Waals surface area contributed by atoms with Gasteiger partial charge in [-0.3, -0.25) is 4.79 Å². The summed E-state index contributed by atoms with van der Waals surface area (Å²) >= 11 is 0. The Labute approximate surface area is 146 Å². The molecule has 1 atom stereocenters. The van der Waals surface area contributed by atoms with E-state index >= 15 is 0 Å². The lowest BCUT2D eigenvalue weighted by Crippen LogP contribution is -2.48. The van der Waals surface area contributed by atoms with E-state index in [9.17, 15) is 4.79 Å². The number of piperidine rings is 1. The summed E-state index contributed by atoms with van der Waals surface area (Å²) in [6, 6.07) is 8.44. The molecule has 132 valence electrons. The van der Waals surface area contributed by atoms with Crippen LogP contribution in [0.2, 0.25) is 0 Å². The van der Waals surface area contributed by atoms with Crippen LogP contribution in [0.5, 0.6) is 0 Å². The van der Waals surface area contributed by atoms with Crippen LogP contribution in [0.15, 0.2) is 24.3 Å². The van der Waals surface area contributed by atoms with Gasteiger partial charge in [0.1, 0.15) is 0 Å². The van der Waals surface area contributed by atoms with E-state index in [0.717, 1.165) is 69.7 Å². The largest absolute Gasteiger partial charge is 0.336 e. The molecule has 0 bridgehead atoms. The monoisotopic (exact) mass is 329 g/mol. The number of likely N-dealkylation sites (N-methyl/N-ethyl adjacent to an activating group) is 1. The number of rotatable bonds is 4. The third kappa shape index (κ3) is 4.37. The first-order valence-electron chi connectivity index (χ1n) is 9.42. The molecule has 2 fully saturated rings. The molecule has 1 unspecified atom stereocenters. The van der Waals surface area contributed by atoms with Gasteiger partial charge in [0.25, 0.3) is 5.91 Å². The van der Waals surface area contributed by atoms with Crippen LogP contribution in [0.1, 0.15) is 41.6 Å². The Morgan fingerprint density at radius 2 is 1.92 bits per heavy atom. The van der Waals surface area contributed by atoms with Gasteiger partial charge in [-0.15, -0.1) is 0 Å². The van der Waals surface area contributed by atoms with Crippen LogP contribution in [0.25, 0.3) is 0 Å². The first-order valence-corrected chi connectivity index (χ1v) is 9.42. The zero-order valence-electron chi connectivity index (χ0n) is 15.2. The third-order valence-electron chi connectivity index (χ3n) is 5.53. The lowest BCUT2D eigenvalue weighted by molar-refractivity contribution is 0.0569. The lowest BCUT2D eigenvalue weighted by Gasteiger charge is -2.38. The second-order valence-electron chi connectivity index (χ2n) is 7.45. The Balaban J connectivity index is 1.59. The highest BCUT2D eigenvalue weighted by molar-refractivity contribution is 5.94. The van der Waals surface area contributed by atoms with E-state index in [-0.39, 0.29) is 5.91 Å². The van der Waals surface area contributed by atoms with Crippen molar-refractivity contribution in [2.24, 2.45) is 0 Å². The van der Waals surface area contributed by atoms with Crippen molar-refractivity contribution in [2.75, 3.05) is 46.3 Å². The number of amides is 1. The van der Waals surface area contributed by atoms with Gasteiger partial charge in [0.2, 0.25) is 0 Å². The molecule has 0 radical (unpaired) electrons. The minimum absolute atomic E-state index is 0.224. The van der Waals surface area contributed by atoms with Crippen molar-refractivity contribution in [3.8, 4) is 0 Å². The van der Waals surface area contributed by atoms with Crippen LogP contribution < -0.4 is 0 Å². The Hall–Kier alpha value is -1.39. The Morgan fingerprint density at radius 1 is 1.12 bits per heavy atom. The Morgan fingerprint density at radius 3 is 2.67 bits per heavy atom. The van der Waals surface area contributed by atoms with E-state index in [1.165, 1.54) is 6.42 Å². The fourth-order valence-electron chi connectivity index (χ4n) is 3.92. The topological polar surface area (TPSA) is 26.8 Å². The van der Waals surface area contributed by atoms with Gasteiger partial charge in [0.15, 0.2) is 0 Å². The number of nitrogens with zero attached hydrogens (tertiary/aromatic N) is 3. The maximum atomic E-state index is 13.0. The molecule has 2 aliphatic rings. The van der Waals surface area contributed by atoms with Crippen molar-refractivity contribution in [2.45, 2.75) is 38.6 Å². The standard InChI is InChI=1S/C20H31N3O/c1-17-6-5-7-18(16-17)20(24)23-10-4-3-8-19(23)9-11-22-14-12-21(2)13-15-22/h5-7,16,19H,3-4,8-15H2,1-2H3. The SMILES string of the molecule is Cc1cccc(C(=O)N2CCCCC2CCN2CCN(C)CC2)c1. The second-order valence-corrected chi connectivity index (χ2v) is 7.45. The summed E-state index contributed by atoms with van der Waals surface area (Å²) in [6.07, 6.45) is 4.67. The van der Waals surface area contributed by atoms with Gasteiger partial charge in [0, 0.05) is 50.9 Å². The van der Waals surface area contributed by atoms with E-state index < -0.39 is 0 Å². The molecular weight excluding hydrogens is 298 g/mol. The minimum atomic E-state index is 0.224. The van der Waals surface area contributed by atoms with Gasteiger partial charge in [-0.25, -0.2) is 0 Å². The zero-order valence-corrected chi connectivity index (χ0v) is 15.2. The number of hydrogen-bond donors (Lipinski definition) is 0. The summed E-state index contributed by atoms with van der Waals surface area (Å²) in [6.45, 7) is 8.74. The fraction of sp³-hybridized carbons (Fsp3) is 0.650. The van der Waals surface area contributed by atoms with Crippen molar-refractivity contribution in [3.63, 3.8) is 0 Å². The second kappa shape index (κ2) is 8.13. The average molecular weight is 329 g/mol. The van der Waals surface area contributed by atoms with Crippen LogP contribution in [0.3, 0.4) is 0 Å². The summed E-state index contributed by atoms with van der Waals surface area (Å²) in [4.78, 5) is 20.1. The quantitative estimate of drug-likeness (QED) is 0.850. The molecule has 2 aliphatic heterocycles. The van der Waals surface area contributed by atoms with Gasteiger partial charge < -0.3 is 14.7 Å². The van der Waals surface area contributed by atoms with Crippen molar-refractivity contribution >= 4 is 5.91 Å². The van der Waals surface area contributed by atoms with Crippen molar-refractivity contribution in [1.29, 1.82) is 0 Å². The number of hydrogen-bond acceptors (Lipinski definition) is 3. The molecule has 4 heteroatoms. The first-order chi connectivity index (χ1) is 11.6. The first kappa shape index (κ1) is 17.4. The van der Waals surface area contributed by atoms with Gasteiger partial charge in [-0.05, 0) is 51.8 Å². The molecule has 2 saturated heterocycles. The lowest BCUT2D eigenvalue weighted by atomic mass is 9.97. The fourth-order valence-corrected chi connectivity index (χ4v) is 3.92. The highest BCUT2D eigenvalue weighted by Gasteiger charge is 2.28. The highest BCUT2D eigenvalue weighted by Crippen LogP contribution is 2.23. The van der Waals surface area contributed by atoms with Gasteiger partial charge in [-0.2, -0.15) is 0 Å². The highest BCUT2D eigenvalue weighted by atomic mass is 16.2. The van der Waals surface area contributed by atoms with Crippen LogP contribution in [-0.4, -0.2) is 73.0 Å². The minimum Gasteiger partial charge on any atom is -0.336 e. The number of carbonyl (C=O) groups excluding carboxylic acids is 1. The molecule has 0 N–H and O–H groups in total. The number of benzene rings is 1. The van der Waals surface area contributed by atoms with E-state index in [4.69, 9.17) is 0 Å². The summed E-state index contributed by atoms with van der Waals surface area (Å²) in [5.41, 5.74) is 2.01. The van der Waals surface area contributed by atoms with E-state index in [0.29, 0.717) is 6.04 Å². The normalized spacial score (nSPS) is 23.4. The molecule has 2 heterocycles. The average Bonchev–Trinajstić information content (AvgIpc) is 2.61. The number of likely N-dealkylation sites (tertiary alicyclic amines) is 1. The Bertz CT molecular complexity index is 552. The molecule has 0 aromatic heterocycles. The van der Waals surface area contributed by atoms with Gasteiger partial charge >= 0.3 is 0 Å². The van der Waals surface area contributed by atoms with E-state index in [1.54, 1.807) is 0 Å². The maximum Gasteiger partial charge on any atom is 0.254 e. The summed E-state index contributed by atoms with van der Waals surface area (Å²) in [5.74, 6) is 0.224. The van der Waals surface area contributed by atoms with Gasteiger partial charge in [0.05, 0.1) is 0 Å². The van der Waals surface area contributed by atoms with Crippen molar-refractivity contribution in [3.05, 3.63) is 35.4 Å². The molecule has 0 aliphatic carbocycles. The molecule has 1 aromatic carbocycles. The smallest absolute Gasteiger partial charge is 0.254 e.